The highest BCUT2D eigenvalue weighted by Gasteiger charge is 2.45. The molecule has 3 nitrogen and oxygen atoms in total. The lowest BCUT2D eigenvalue weighted by Gasteiger charge is -2.48. The van der Waals surface area contributed by atoms with Crippen molar-refractivity contribution in [2.45, 2.75) is 77.4 Å². The molecule has 0 aromatic heterocycles. The molecule has 1 aliphatic carbocycles. The highest BCUT2D eigenvalue weighted by molar-refractivity contribution is 4.99. The minimum absolute atomic E-state index is 0.00387. The van der Waals surface area contributed by atoms with Gasteiger partial charge in [0.25, 0.3) is 0 Å². The van der Waals surface area contributed by atoms with Gasteiger partial charge in [-0.05, 0) is 44.6 Å². The largest absolute Gasteiger partial charge is 0.381 e. The molecular formula is C18H35NO2. The number of ether oxygens (including phenoxy) is 2. The van der Waals surface area contributed by atoms with Crippen LogP contribution in [-0.2, 0) is 9.47 Å². The summed E-state index contributed by atoms with van der Waals surface area (Å²) in [4.78, 5) is 0. The summed E-state index contributed by atoms with van der Waals surface area (Å²) in [6, 6.07) is 0.504. The lowest BCUT2D eigenvalue weighted by molar-refractivity contribution is -0.139. The first kappa shape index (κ1) is 17.2. The van der Waals surface area contributed by atoms with Crippen molar-refractivity contribution in [1.29, 1.82) is 0 Å². The van der Waals surface area contributed by atoms with Gasteiger partial charge in [0.2, 0.25) is 0 Å². The quantitative estimate of drug-likeness (QED) is 0.776. The third-order valence-corrected chi connectivity index (χ3v) is 5.40. The Morgan fingerprint density at radius 2 is 2.00 bits per heavy atom. The molecule has 1 N–H and O–H groups in total. The molecule has 1 heterocycles. The van der Waals surface area contributed by atoms with E-state index in [1.54, 1.807) is 0 Å². The molecule has 0 bridgehead atoms. The van der Waals surface area contributed by atoms with Crippen LogP contribution >= 0.6 is 0 Å². The topological polar surface area (TPSA) is 30.5 Å². The second kappa shape index (κ2) is 8.50. The minimum Gasteiger partial charge on any atom is -0.381 e. The Morgan fingerprint density at radius 3 is 2.62 bits per heavy atom. The molecule has 0 aromatic rings. The number of rotatable bonds is 7. The molecule has 3 unspecified atom stereocenters. The highest BCUT2D eigenvalue weighted by atomic mass is 16.5. The summed E-state index contributed by atoms with van der Waals surface area (Å²) < 4.78 is 12.0. The molecule has 0 spiro atoms. The third kappa shape index (κ3) is 4.43. The second-order valence-corrected chi connectivity index (χ2v) is 7.07. The first-order valence-corrected chi connectivity index (χ1v) is 9.17. The van der Waals surface area contributed by atoms with Gasteiger partial charge in [-0.3, -0.25) is 0 Å². The number of hydrogen-bond acceptors (Lipinski definition) is 3. The maximum absolute atomic E-state index is 6.38. The van der Waals surface area contributed by atoms with Crippen LogP contribution in [0.2, 0.25) is 0 Å². The molecule has 3 heteroatoms. The van der Waals surface area contributed by atoms with Crippen molar-refractivity contribution in [2.24, 2.45) is 11.8 Å². The van der Waals surface area contributed by atoms with E-state index in [9.17, 15) is 0 Å². The van der Waals surface area contributed by atoms with E-state index in [1.165, 1.54) is 32.1 Å². The Kier molecular flexibility index (Phi) is 6.97. The van der Waals surface area contributed by atoms with E-state index in [4.69, 9.17) is 9.47 Å². The predicted molar refractivity (Wildman–Crippen MR) is 87.6 cm³/mol. The fourth-order valence-electron chi connectivity index (χ4n) is 4.42. The Balaban J connectivity index is 2.14. The Labute approximate surface area is 131 Å². The van der Waals surface area contributed by atoms with Gasteiger partial charge in [0.05, 0.1) is 5.60 Å². The second-order valence-electron chi connectivity index (χ2n) is 7.07. The van der Waals surface area contributed by atoms with Crippen molar-refractivity contribution >= 4 is 0 Å². The van der Waals surface area contributed by atoms with E-state index in [-0.39, 0.29) is 5.60 Å². The Morgan fingerprint density at radius 1 is 1.24 bits per heavy atom. The van der Waals surface area contributed by atoms with Gasteiger partial charge in [0, 0.05) is 38.7 Å². The van der Waals surface area contributed by atoms with Crippen LogP contribution in [-0.4, -0.2) is 38.0 Å². The van der Waals surface area contributed by atoms with Crippen molar-refractivity contribution in [3.05, 3.63) is 0 Å². The predicted octanol–water partition coefficient (Wildman–Crippen LogP) is 3.77. The van der Waals surface area contributed by atoms with Gasteiger partial charge < -0.3 is 14.8 Å². The maximum atomic E-state index is 6.38. The van der Waals surface area contributed by atoms with Crippen LogP contribution in [0.5, 0.6) is 0 Å². The third-order valence-electron chi connectivity index (χ3n) is 5.40. The fourth-order valence-corrected chi connectivity index (χ4v) is 4.42. The normalized spacial score (nSPS) is 31.0. The van der Waals surface area contributed by atoms with E-state index in [0.29, 0.717) is 6.04 Å². The van der Waals surface area contributed by atoms with Crippen molar-refractivity contribution in [3.8, 4) is 0 Å². The van der Waals surface area contributed by atoms with Crippen LogP contribution < -0.4 is 5.32 Å². The zero-order valence-corrected chi connectivity index (χ0v) is 14.3. The van der Waals surface area contributed by atoms with Gasteiger partial charge >= 0.3 is 0 Å². The lowest BCUT2D eigenvalue weighted by atomic mass is 9.71. The summed E-state index contributed by atoms with van der Waals surface area (Å²) in [7, 11) is 0. The summed E-state index contributed by atoms with van der Waals surface area (Å²) in [6.45, 7) is 10.4. The van der Waals surface area contributed by atoms with Crippen LogP contribution in [0.15, 0.2) is 0 Å². The zero-order valence-electron chi connectivity index (χ0n) is 14.3. The monoisotopic (exact) mass is 297 g/mol. The van der Waals surface area contributed by atoms with Gasteiger partial charge in [-0.2, -0.15) is 0 Å². The van der Waals surface area contributed by atoms with Crippen LogP contribution in [0.3, 0.4) is 0 Å². The summed E-state index contributed by atoms with van der Waals surface area (Å²) >= 11 is 0. The first-order valence-electron chi connectivity index (χ1n) is 9.17. The van der Waals surface area contributed by atoms with Gasteiger partial charge in [-0.25, -0.2) is 0 Å². The van der Waals surface area contributed by atoms with Crippen LogP contribution in [0.25, 0.3) is 0 Å². The average molecular weight is 297 g/mol. The molecule has 1 saturated heterocycles. The Hall–Kier alpha value is -0.120. The number of nitrogens with one attached hydrogen (secondary N) is 1. The molecule has 2 aliphatic rings. The van der Waals surface area contributed by atoms with E-state index >= 15 is 0 Å². The summed E-state index contributed by atoms with van der Waals surface area (Å²) in [6.07, 6.45) is 8.80. The lowest BCUT2D eigenvalue weighted by Crippen LogP contribution is -2.59. The van der Waals surface area contributed by atoms with Gasteiger partial charge in [0.1, 0.15) is 0 Å². The standard InChI is InChI=1S/C18H35NO2/c1-4-11-19-17(16-8-6-7-15(3)14-16)18(21-5-2)9-12-20-13-10-18/h15-17,19H,4-14H2,1-3H3. The maximum Gasteiger partial charge on any atom is 0.0881 e. The van der Waals surface area contributed by atoms with Crippen molar-refractivity contribution < 1.29 is 9.47 Å². The molecule has 2 fully saturated rings. The first-order chi connectivity index (χ1) is 10.2. The van der Waals surface area contributed by atoms with Gasteiger partial charge in [-0.15, -0.1) is 0 Å². The van der Waals surface area contributed by atoms with Crippen LogP contribution in [0, 0.1) is 11.8 Å². The molecule has 3 atom stereocenters. The SMILES string of the molecule is CCCNC(C1CCCC(C)C1)C1(OCC)CCOCC1. The smallest absolute Gasteiger partial charge is 0.0881 e. The zero-order chi connectivity index (χ0) is 15.1. The fraction of sp³-hybridized carbons (Fsp3) is 1.00. The molecule has 1 aliphatic heterocycles. The molecule has 0 radical (unpaired) electrons. The summed E-state index contributed by atoms with van der Waals surface area (Å²) in [5, 5.41) is 3.87. The summed E-state index contributed by atoms with van der Waals surface area (Å²) in [5.41, 5.74) is 0.00387. The van der Waals surface area contributed by atoms with Crippen LogP contribution in [0.1, 0.15) is 65.7 Å². The molecule has 1 saturated carbocycles. The van der Waals surface area contributed by atoms with Crippen LogP contribution in [0.4, 0.5) is 0 Å². The highest BCUT2D eigenvalue weighted by Crippen LogP contribution is 2.39. The molecule has 124 valence electrons. The van der Waals surface area contributed by atoms with Crippen molar-refractivity contribution in [1.82, 2.24) is 5.32 Å². The van der Waals surface area contributed by atoms with E-state index in [0.717, 1.165) is 51.0 Å². The molecular weight excluding hydrogens is 262 g/mol. The summed E-state index contributed by atoms with van der Waals surface area (Å²) in [5.74, 6) is 1.64. The molecule has 0 aromatic carbocycles. The van der Waals surface area contributed by atoms with Crippen molar-refractivity contribution in [2.75, 3.05) is 26.4 Å². The van der Waals surface area contributed by atoms with E-state index in [1.807, 2.05) is 0 Å². The molecule has 21 heavy (non-hydrogen) atoms. The molecule has 2 rings (SSSR count). The van der Waals surface area contributed by atoms with Gasteiger partial charge in [0.15, 0.2) is 0 Å². The minimum atomic E-state index is 0.00387. The average Bonchev–Trinajstić information content (AvgIpc) is 2.49. The van der Waals surface area contributed by atoms with Gasteiger partial charge in [-0.1, -0.05) is 26.7 Å². The van der Waals surface area contributed by atoms with E-state index < -0.39 is 0 Å². The molecule has 0 amide bonds. The van der Waals surface area contributed by atoms with E-state index in [2.05, 4.69) is 26.1 Å². The Bertz CT molecular complexity index is 283. The number of hydrogen-bond donors (Lipinski definition) is 1. The van der Waals surface area contributed by atoms with Crippen molar-refractivity contribution in [3.63, 3.8) is 0 Å².